The normalized spacial score (nSPS) is 15.7. The van der Waals surface area contributed by atoms with E-state index >= 15 is 0 Å². The van der Waals surface area contributed by atoms with Crippen LogP contribution in [-0.4, -0.2) is 15.9 Å². The molecule has 0 saturated heterocycles. The molecule has 4 rings (SSSR count). The zero-order valence-electron chi connectivity index (χ0n) is 15.5. The Kier molecular flexibility index (Phi) is 5.19. The fraction of sp³-hybridized carbons (Fsp3) is 0.190. The summed E-state index contributed by atoms with van der Waals surface area (Å²) in [5.41, 5.74) is 2.04. The van der Waals surface area contributed by atoms with Gasteiger partial charge in [-0.1, -0.05) is 47.7 Å². The van der Waals surface area contributed by atoms with Crippen LogP contribution in [-0.2, 0) is 10.5 Å². The molecule has 0 saturated carbocycles. The Morgan fingerprint density at radius 1 is 1.14 bits per heavy atom. The van der Waals surface area contributed by atoms with Crippen LogP contribution in [0.5, 0.6) is 0 Å². The number of amides is 1. The lowest BCUT2D eigenvalue weighted by Crippen LogP contribution is -2.31. The van der Waals surface area contributed by atoms with Crippen LogP contribution in [0.2, 0.25) is 0 Å². The highest BCUT2D eigenvalue weighted by molar-refractivity contribution is 7.98. The SMILES string of the molecule is Cc1ccc(CSc2nc3c(c(=O)[nH]2)[C@@H](c2ccc(F)cc2F)CC(=O)N3)cc1. The Hall–Kier alpha value is -3.00. The van der Waals surface area contributed by atoms with E-state index in [1.165, 1.54) is 17.8 Å². The molecule has 2 aromatic carbocycles. The molecule has 148 valence electrons. The number of thioether (sulfide) groups is 1. The van der Waals surface area contributed by atoms with E-state index in [1.807, 2.05) is 31.2 Å². The number of aromatic nitrogens is 2. The lowest BCUT2D eigenvalue weighted by molar-refractivity contribution is -0.116. The number of hydrogen-bond donors (Lipinski definition) is 2. The van der Waals surface area contributed by atoms with Crippen LogP contribution in [0, 0.1) is 18.6 Å². The molecule has 1 amide bonds. The van der Waals surface area contributed by atoms with Crippen molar-refractivity contribution in [3.8, 4) is 0 Å². The standard InChI is InChI=1S/C21H17F2N3O2S/c1-11-2-4-12(5-3-11)10-29-21-25-19-18(20(28)26-21)15(9-17(27)24-19)14-7-6-13(22)8-16(14)23/h2-8,15H,9-10H2,1H3,(H2,24,25,26,27,28)/t15-/m1/s1. The Bertz CT molecular complexity index is 1150. The first-order chi connectivity index (χ1) is 13.9. The van der Waals surface area contributed by atoms with Crippen LogP contribution in [0.25, 0.3) is 0 Å². The van der Waals surface area contributed by atoms with Gasteiger partial charge in [-0.15, -0.1) is 0 Å². The van der Waals surface area contributed by atoms with Gasteiger partial charge in [-0.25, -0.2) is 13.8 Å². The number of carbonyl (C=O) groups excluding carboxylic acids is 1. The summed E-state index contributed by atoms with van der Waals surface area (Å²) in [6, 6.07) is 11.1. The van der Waals surface area contributed by atoms with E-state index in [9.17, 15) is 18.4 Å². The van der Waals surface area contributed by atoms with Crippen molar-refractivity contribution in [2.45, 2.75) is 30.2 Å². The Balaban J connectivity index is 1.66. The number of anilines is 1. The summed E-state index contributed by atoms with van der Waals surface area (Å²) in [7, 11) is 0. The van der Waals surface area contributed by atoms with Crippen LogP contribution in [0.4, 0.5) is 14.6 Å². The fourth-order valence-electron chi connectivity index (χ4n) is 3.30. The van der Waals surface area contributed by atoms with Crippen molar-refractivity contribution in [2.75, 3.05) is 5.32 Å². The van der Waals surface area contributed by atoms with Crippen LogP contribution in [0.15, 0.2) is 52.4 Å². The van der Waals surface area contributed by atoms with Crippen LogP contribution < -0.4 is 10.9 Å². The second-order valence-corrected chi connectivity index (χ2v) is 7.84. The summed E-state index contributed by atoms with van der Waals surface area (Å²) in [6.45, 7) is 2.00. The first-order valence-electron chi connectivity index (χ1n) is 8.98. The van der Waals surface area contributed by atoms with Crippen molar-refractivity contribution in [1.29, 1.82) is 0 Å². The minimum atomic E-state index is -0.827. The molecular weight excluding hydrogens is 396 g/mol. The van der Waals surface area contributed by atoms with E-state index in [4.69, 9.17) is 0 Å². The van der Waals surface area contributed by atoms with Gasteiger partial charge in [0.15, 0.2) is 5.16 Å². The predicted molar refractivity (Wildman–Crippen MR) is 107 cm³/mol. The molecule has 0 radical (unpaired) electrons. The van der Waals surface area contributed by atoms with Gasteiger partial charge < -0.3 is 10.3 Å². The van der Waals surface area contributed by atoms with Gasteiger partial charge in [0.05, 0.1) is 5.56 Å². The summed E-state index contributed by atoms with van der Waals surface area (Å²) in [5, 5.41) is 2.95. The maximum absolute atomic E-state index is 14.3. The first-order valence-corrected chi connectivity index (χ1v) is 9.96. The number of aryl methyl sites for hydroxylation is 1. The highest BCUT2D eigenvalue weighted by atomic mass is 32.2. The number of halogens is 2. The number of fused-ring (bicyclic) bond motifs is 1. The average Bonchev–Trinajstić information content (AvgIpc) is 2.66. The van der Waals surface area contributed by atoms with Crippen LogP contribution >= 0.6 is 11.8 Å². The molecule has 1 aromatic heterocycles. The van der Waals surface area contributed by atoms with Gasteiger partial charge in [-0.2, -0.15) is 0 Å². The minimum absolute atomic E-state index is 0.0925. The van der Waals surface area contributed by atoms with Crippen molar-refractivity contribution in [3.05, 3.63) is 86.7 Å². The van der Waals surface area contributed by atoms with E-state index in [1.54, 1.807) is 0 Å². The molecule has 0 aliphatic carbocycles. The van der Waals surface area contributed by atoms with Gasteiger partial charge in [0.1, 0.15) is 17.5 Å². The predicted octanol–water partition coefficient (Wildman–Crippen LogP) is 4.12. The van der Waals surface area contributed by atoms with Gasteiger partial charge in [0, 0.05) is 24.2 Å². The number of aromatic amines is 1. The van der Waals surface area contributed by atoms with Gasteiger partial charge in [0.2, 0.25) is 5.91 Å². The third-order valence-electron chi connectivity index (χ3n) is 4.76. The smallest absolute Gasteiger partial charge is 0.257 e. The average molecular weight is 413 g/mol. The third kappa shape index (κ3) is 4.07. The molecule has 8 heteroatoms. The van der Waals surface area contributed by atoms with E-state index in [-0.39, 0.29) is 29.3 Å². The summed E-state index contributed by atoms with van der Waals surface area (Å²) in [4.78, 5) is 32.0. The molecule has 29 heavy (non-hydrogen) atoms. The number of carbonyl (C=O) groups is 1. The number of hydrogen-bond acceptors (Lipinski definition) is 4. The van der Waals surface area contributed by atoms with Crippen LogP contribution in [0.3, 0.4) is 0 Å². The maximum atomic E-state index is 14.3. The quantitative estimate of drug-likeness (QED) is 0.498. The number of nitrogens with one attached hydrogen (secondary N) is 2. The minimum Gasteiger partial charge on any atom is -0.310 e. The maximum Gasteiger partial charge on any atom is 0.257 e. The van der Waals surface area contributed by atoms with Gasteiger partial charge in [-0.05, 0) is 24.1 Å². The van der Waals surface area contributed by atoms with Crippen molar-refractivity contribution in [2.24, 2.45) is 0 Å². The topological polar surface area (TPSA) is 74.8 Å². The van der Waals surface area contributed by atoms with Crippen molar-refractivity contribution < 1.29 is 13.6 Å². The molecule has 3 aromatic rings. The molecule has 2 N–H and O–H groups in total. The molecule has 0 bridgehead atoms. The second kappa shape index (κ2) is 7.79. The second-order valence-electron chi connectivity index (χ2n) is 6.88. The fourth-order valence-corrected chi connectivity index (χ4v) is 4.12. The molecule has 1 aliphatic rings. The Morgan fingerprint density at radius 2 is 1.90 bits per heavy atom. The molecule has 5 nitrogen and oxygen atoms in total. The van der Waals surface area contributed by atoms with Gasteiger partial charge in [-0.3, -0.25) is 9.59 Å². The molecule has 0 spiro atoms. The van der Waals surface area contributed by atoms with Crippen molar-refractivity contribution >= 4 is 23.5 Å². The molecule has 2 heterocycles. The number of benzene rings is 2. The van der Waals surface area contributed by atoms with E-state index in [0.717, 1.165) is 23.3 Å². The lowest BCUT2D eigenvalue weighted by atomic mass is 9.86. The summed E-state index contributed by atoms with van der Waals surface area (Å²) in [6.07, 6.45) is -0.115. The first kappa shape index (κ1) is 19.3. The molecule has 0 fully saturated rings. The zero-order valence-corrected chi connectivity index (χ0v) is 16.3. The zero-order chi connectivity index (χ0) is 20.5. The number of H-pyrrole nitrogens is 1. The largest absolute Gasteiger partial charge is 0.310 e. The molecule has 1 aliphatic heterocycles. The Morgan fingerprint density at radius 3 is 2.62 bits per heavy atom. The highest BCUT2D eigenvalue weighted by Gasteiger charge is 2.32. The number of nitrogens with zero attached hydrogens (tertiary/aromatic N) is 1. The molecule has 1 atom stereocenters. The van der Waals surface area contributed by atoms with E-state index in [0.29, 0.717) is 10.9 Å². The van der Waals surface area contributed by atoms with Crippen molar-refractivity contribution in [1.82, 2.24) is 9.97 Å². The molecular formula is C21H17F2N3O2S. The summed E-state index contributed by atoms with van der Waals surface area (Å²) >= 11 is 1.33. The highest BCUT2D eigenvalue weighted by Crippen LogP contribution is 2.36. The van der Waals surface area contributed by atoms with Gasteiger partial charge >= 0.3 is 0 Å². The summed E-state index contributed by atoms with van der Waals surface area (Å²) < 4.78 is 27.6. The number of rotatable bonds is 4. The lowest BCUT2D eigenvalue weighted by Gasteiger charge is -2.24. The van der Waals surface area contributed by atoms with E-state index < -0.39 is 23.1 Å². The monoisotopic (exact) mass is 413 g/mol. The van der Waals surface area contributed by atoms with Crippen molar-refractivity contribution in [3.63, 3.8) is 0 Å². The van der Waals surface area contributed by atoms with Gasteiger partial charge in [0.25, 0.3) is 5.56 Å². The Labute approximate surface area is 169 Å². The van der Waals surface area contributed by atoms with Crippen LogP contribution in [0.1, 0.15) is 34.6 Å². The van der Waals surface area contributed by atoms with E-state index in [2.05, 4.69) is 15.3 Å². The molecule has 0 unspecified atom stereocenters. The third-order valence-corrected chi connectivity index (χ3v) is 5.71. The summed E-state index contributed by atoms with van der Waals surface area (Å²) in [5.74, 6) is -2.02.